The monoisotopic (exact) mass is 832 g/mol. The number of imide groups is 1. The van der Waals surface area contributed by atoms with E-state index >= 15 is 4.39 Å². The number of benzene rings is 1. The highest BCUT2D eigenvalue weighted by molar-refractivity contribution is 6.12. The fourth-order valence-corrected chi connectivity index (χ4v) is 7.98. The molecule has 0 radical (unpaired) electrons. The molecule has 1 aliphatic carbocycles. The first-order valence-corrected chi connectivity index (χ1v) is 19.7. The molecule has 61 heavy (non-hydrogen) atoms. The average Bonchev–Trinajstić information content (AvgIpc) is 3.77. The molecule has 0 bridgehead atoms. The number of carbonyl (C=O) groups is 3. The maximum atomic E-state index is 15.3. The Bertz CT molecular complexity index is 2520. The maximum absolute atomic E-state index is 15.3. The zero-order valence-electron chi connectivity index (χ0n) is 34.3. The molecule has 2 aromatic heterocycles. The Kier molecular flexibility index (Phi) is 13.0. The number of hydrogen-bond acceptors (Lipinski definition) is 11. The van der Waals surface area contributed by atoms with Gasteiger partial charge < -0.3 is 39.8 Å². The number of hydrogen-bond donors (Lipinski definition) is 4. The van der Waals surface area contributed by atoms with Gasteiger partial charge in [-0.1, -0.05) is 32.2 Å². The van der Waals surface area contributed by atoms with Gasteiger partial charge in [-0.25, -0.2) is 9.37 Å². The van der Waals surface area contributed by atoms with Crippen molar-refractivity contribution >= 4 is 28.6 Å². The fourth-order valence-electron chi connectivity index (χ4n) is 7.98. The minimum absolute atomic E-state index is 0.0118. The second-order valence-electron chi connectivity index (χ2n) is 14.6. The van der Waals surface area contributed by atoms with Crippen LogP contribution in [0.5, 0.6) is 0 Å². The van der Waals surface area contributed by atoms with E-state index < -0.39 is 11.6 Å². The van der Waals surface area contributed by atoms with Gasteiger partial charge in [-0.2, -0.15) is 0 Å². The molecule has 3 aliphatic heterocycles. The van der Waals surface area contributed by atoms with Crippen molar-refractivity contribution < 1.29 is 38.1 Å². The summed E-state index contributed by atoms with van der Waals surface area (Å²) in [7, 11) is 0. The molecule has 3 aromatic rings. The molecule has 318 valence electrons. The van der Waals surface area contributed by atoms with E-state index in [1.807, 2.05) is 0 Å². The molecule has 5 heterocycles. The van der Waals surface area contributed by atoms with Crippen LogP contribution in [0.2, 0.25) is 0 Å². The first kappa shape index (κ1) is 43.7. The molecule has 0 unspecified atom stereocenters. The van der Waals surface area contributed by atoms with Gasteiger partial charge in [-0.15, -0.1) is 13.2 Å². The molecule has 1 aromatic carbocycles. The highest BCUT2D eigenvalue weighted by Gasteiger charge is 2.42. The van der Waals surface area contributed by atoms with Crippen LogP contribution in [0, 0.1) is 12.7 Å². The van der Waals surface area contributed by atoms with Crippen LogP contribution in [-0.2, 0) is 53.8 Å². The van der Waals surface area contributed by atoms with E-state index in [-0.39, 0.29) is 85.1 Å². The summed E-state index contributed by atoms with van der Waals surface area (Å²) in [4.78, 5) is 56.6. The van der Waals surface area contributed by atoms with Gasteiger partial charge in [-0.05, 0) is 80.8 Å². The van der Waals surface area contributed by atoms with Crippen LogP contribution >= 0.6 is 0 Å². The summed E-state index contributed by atoms with van der Waals surface area (Å²) < 4.78 is 33.4. The molecule has 2 atom stereocenters. The quantitative estimate of drug-likeness (QED) is 0.0371. The van der Waals surface area contributed by atoms with Crippen molar-refractivity contribution in [2.45, 2.75) is 64.3 Å². The Morgan fingerprint density at radius 2 is 1.84 bits per heavy atom. The Labute approximate surface area is 352 Å². The molecule has 0 saturated heterocycles. The summed E-state index contributed by atoms with van der Waals surface area (Å²) in [6.07, 6.45) is 10.8. The van der Waals surface area contributed by atoms with Crippen molar-refractivity contribution in [2.24, 2.45) is 0 Å². The predicted octanol–water partition coefficient (Wildman–Crippen LogP) is 5.47. The number of halogens is 1. The van der Waals surface area contributed by atoms with Crippen LogP contribution in [0.3, 0.4) is 0 Å². The Morgan fingerprint density at radius 3 is 2.56 bits per heavy atom. The van der Waals surface area contributed by atoms with E-state index in [0.717, 1.165) is 27.0 Å². The number of fused-ring (bicyclic) bond motifs is 5. The normalized spacial score (nSPS) is 18.3. The first-order valence-electron chi connectivity index (χ1n) is 19.7. The number of pyridine rings is 2. The number of rotatable bonds is 16. The van der Waals surface area contributed by atoms with Crippen molar-refractivity contribution in [3.05, 3.63) is 161 Å². The molecular formula is C46H49FN6O8. The SMILES string of the molecule is C=C.C=C(C=CCNCC(=O)N[C@H]1CCc2c(C)c(F)cc3nc4c(c1c23)Cn1c-4cc2c(c1=O)COC(=C)[C@]2(O)CC)OC(=C)OC(=C)NC=CCCN1C(=O)C=CC1=O. The standard InChI is InChI=1S/C44H45FN6O8.C2H4/c1-7-44(56)26(4)57-23-31-32(44)19-36-42-30(22-51(36)43(31)55)41-34(13-12-29-25(3)33(45)20-35(49-42)40(29)41)48-37(52)21-46-16-10-11-24(2)58-28(6)59-27(5)47-17-8-9-18-50-38(53)14-15-39(50)54;1-2/h8,10-11,14-15,17,19-20,34,46-47,56H,2,4-7,9,12-13,16,18,21-23H2,1,3H3,(H,48,52);1-2H2/t34-,44+;/m0./s1. The highest BCUT2D eigenvalue weighted by atomic mass is 19.1. The Balaban J connectivity index is 0.00000307. The van der Waals surface area contributed by atoms with Crippen LogP contribution < -0.4 is 21.5 Å². The van der Waals surface area contributed by atoms with Crippen molar-refractivity contribution in [2.75, 3.05) is 19.6 Å². The van der Waals surface area contributed by atoms with Gasteiger partial charge in [0.2, 0.25) is 5.91 Å². The number of aliphatic hydroxyl groups is 1. The number of aryl methyl sites for hydroxylation is 1. The smallest absolute Gasteiger partial charge is 0.283 e. The van der Waals surface area contributed by atoms with Crippen LogP contribution in [0.1, 0.15) is 65.6 Å². The number of ether oxygens (including phenoxy) is 3. The number of nitrogens with one attached hydrogen (secondary N) is 3. The molecule has 7 rings (SSSR count). The van der Waals surface area contributed by atoms with Gasteiger partial charge in [0.15, 0.2) is 5.88 Å². The predicted molar refractivity (Wildman–Crippen MR) is 228 cm³/mol. The molecular weight excluding hydrogens is 784 g/mol. The molecule has 0 fully saturated rings. The van der Waals surface area contributed by atoms with Crippen LogP contribution in [0.4, 0.5) is 4.39 Å². The summed E-state index contributed by atoms with van der Waals surface area (Å²) in [5.74, 6) is -0.887. The van der Waals surface area contributed by atoms with Crippen molar-refractivity contribution in [1.29, 1.82) is 0 Å². The number of aromatic nitrogens is 2. The van der Waals surface area contributed by atoms with Gasteiger partial charge in [-0.3, -0.25) is 24.1 Å². The highest BCUT2D eigenvalue weighted by Crippen LogP contribution is 2.46. The minimum atomic E-state index is -1.55. The average molecular weight is 833 g/mol. The zero-order valence-corrected chi connectivity index (χ0v) is 34.3. The van der Waals surface area contributed by atoms with E-state index in [1.54, 1.807) is 48.9 Å². The van der Waals surface area contributed by atoms with E-state index in [9.17, 15) is 24.3 Å². The molecule has 0 saturated carbocycles. The van der Waals surface area contributed by atoms with Crippen LogP contribution in [0.15, 0.2) is 116 Å². The topological polar surface area (TPSA) is 173 Å². The number of carbonyl (C=O) groups excluding carboxylic acids is 3. The second kappa shape index (κ2) is 18.2. The van der Waals surface area contributed by atoms with Gasteiger partial charge in [0.25, 0.3) is 23.3 Å². The molecule has 3 amide bonds. The Morgan fingerprint density at radius 1 is 1.10 bits per heavy atom. The molecule has 14 nitrogen and oxygen atoms in total. The van der Waals surface area contributed by atoms with E-state index in [0.29, 0.717) is 59.4 Å². The summed E-state index contributed by atoms with van der Waals surface area (Å²) in [5.41, 5.74) is 3.32. The summed E-state index contributed by atoms with van der Waals surface area (Å²) in [6, 6.07) is 2.74. The second-order valence-corrected chi connectivity index (χ2v) is 14.6. The van der Waals surface area contributed by atoms with Crippen molar-refractivity contribution in [1.82, 2.24) is 30.4 Å². The first-order chi connectivity index (χ1) is 29.2. The lowest BCUT2D eigenvalue weighted by Gasteiger charge is -2.35. The third kappa shape index (κ3) is 8.60. The van der Waals surface area contributed by atoms with Gasteiger partial charge in [0.05, 0.1) is 41.6 Å². The number of amides is 3. The molecule has 4 N–H and O–H groups in total. The largest absolute Gasteiger partial charge is 0.490 e. The third-order valence-corrected chi connectivity index (χ3v) is 11.0. The van der Waals surface area contributed by atoms with E-state index in [1.165, 1.54) is 18.2 Å². The van der Waals surface area contributed by atoms with Crippen LogP contribution in [0.25, 0.3) is 22.3 Å². The van der Waals surface area contributed by atoms with E-state index in [4.69, 9.17) is 19.2 Å². The third-order valence-electron chi connectivity index (χ3n) is 11.0. The fraction of sp³-hybridized carbons (Fsp3) is 0.283. The van der Waals surface area contributed by atoms with Gasteiger partial charge in [0, 0.05) is 47.8 Å². The van der Waals surface area contributed by atoms with Gasteiger partial charge in [0.1, 0.15) is 29.5 Å². The van der Waals surface area contributed by atoms with Crippen molar-refractivity contribution in [3.63, 3.8) is 0 Å². The molecule has 15 heteroatoms. The molecule has 0 spiro atoms. The summed E-state index contributed by atoms with van der Waals surface area (Å²) in [5, 5.41) is 21.4. The lowest BCUT2D eigenvalue weighted by atomic mass is 9.81. The minimum Gasteiger partial charge on any atom is -0.490 e. The Hall–Kier alpha value is -6.84. The molecule has 4 aliphatic rings. The van der Waals surface area contributed by atoms with E-state index in [2.05, 4.69) is 55.4 Å². The lowest BCUT2D eigenvalue weighted by Crippen LogP contribution is -2.39. The maximum Gasteiger partial charge on any atom is 0.283 e. The van der Waals surface area contributed by atoms with Crippen LogP contribution in [-0.4, -0.2) is 56.9 Å². The summed E-state index contributed by atoms with van der Waals surface area (Å²) >= 11 is 0. The zero-order chi connectivity index (χ0) is 44.2. The lowest BCUT2D eigenvalue weighted by molar-refractivity contribution is -0.136. The number of allylic oxidation sites excluding steroid dienone is 1. The van der Waals surface area contributed by atoms with Crippen molar-refractivity contribution in [3.8, 4) is 11.4 Å². The number of nitrogens with zero attached hydrogens (tertiary/aromatic N) is 3. The summed E-state index contributed by atoms with van der Waals surface area (Å²) in [6.45, 7) is 25.4. The van der Waals surface area contributed by atoms with Gasteiger partial charge >= 0.3 is 0 Å².